The number of hydrogen-bond acceptors (Lipinski definition) is 0. The van der Waals surface area contributed by atoms with E-state index in [1.165, 1.54) is 22.3 Å². The molecule has 1 heteroatoms. The predicted molar refractivity (Wildman–Crippen MR) is 91.8 cm³/mol. The topological polar surface area (TPSA) is 0 Å². The lowest BCUT2D eigenvalue weighted by Gasteiger charge is -2.28. The van der Waals surface area contributed by atoms with Gasteiger partial charge in [0.1, 0.15) is 0 Å². The van der Waals surface area contributed by atoms with Gasteiger partial charge in [-0.15, -0.1) is 0 Å². The largest absolute Gasteiger partial charge is 0.0878 e. The van der Waals surface area contributed by atoms with E-state index in [2.05, 4.69) is 92.2 Å². The van der Waals surface area contributed by atoms with Crippen LogP contribution in [0, 0.1) is 19.8 Å². The zero-order chi connectivity index (χ0) is 14.7. The number of aryl methyl sites for hydroxylation is 2. The Kier molecular flexibility index (Phi) is 5.04. The quantitative estimate of drug-likeness (QED) is 0.616. The summed E-state index contributed by atoms with van der Waals surface area (Å²) in [6.45, 7) is 8.94. The molecular weight excluding hydrogens is 308 g/mol. The Morgan fingerprint density at radius 2 is 1.55 bits per heavy atom. The fourth-order valence-corrected chi connectivity index (χ4v) is 3.27. The Morgan fingerprint density at radius 3 is 2.15 bits per heavy atom. The average Bonchev–Trinajstić information content (AvgIpc) is 2.44. The van der Waals surface area contributed by atoms with Crippen molar-refractivity contribution < 1.29 is 0 Å². The SMILES string of the molecule is Cc1ccc(C)c(C(c2ccccc2)C(Br)C(C)C)c1. The molecule has 0 spiro atoms. The summed E-state index contributed by atoms with van der Waals surface area (Å²) >= 11 is 3.94. The van der Waals surface area contributed by atoms with Crippen molar-refractivity contribution in [1.82, 2.24) is 0 Å². The van der Waals surface area contributed by atoms with Gasteiger partial charge in [0.05, 0.1) is 0 Å². The molecule has 0 heterocycles. The van der Waals surface area contributed by atoms with Gasteiger partial charge in [0, 0.05) is 10.7 Å². The molecule has 20 heavy (non-hydrogen) atoms. The van der Waals surface area contributed by atoms with Crippen LogP contribution in [0.5, 0.6) is 0 Å². The minimum atomic E-state index is 0.399. The molecule has 0 N–H and O–H groups in total. The van der Waals surface area contributed by atoms with Gasteiger partial charge in [0.25, 0.3) is 0 Å². The molecule has 0 aliphatic carbocycles. The molecular formula is C19H23Br. The summed E-state index contributed by atoms with van der Waals surface area (Å²) in [4.78, 5) is 0.436. The molecule has 0 nitrogen and oxygen atoms in total. The van der Waals surface area contributed by atoms with Crippen LogP contribution in [-0.2, 0) is 0 Å². The second-order valence-corrected chi connectivity index (χ2v) is 6.99. The van der Waals surface area contributed by atoms with Crippen molar-refractivity contribution in [1.29, 1.82) is 0 Å². The van der Waals surface area contributed by atoms with Crippen molar-refractivity contribution in [2.45, 2.75) is 38.4 Å². The van der Waals surface area contributed by atoms with Crippen LogP contribution in [-0.4, -0.2) is 4.83 Å². The first-order valence-corrected chi connectivity index (χ1v) is 8.18. The molecule has 0 amide bonds. The van der Waals surface area contributed by atoms with Crippen LogP contribution in [0.1, 0.15) is 42.0 Å². The third kappa shape index (κ3) is 3.32. The fourth-order valence-electron chi connectivity index (χ4n) is 2.68. The Hall–Kier alpha value is -1.08. The Labute approximate surface area is 131 Å². The van der Waals surface area contributed by atoms with Crippen molar-refractivity contribution in [3.05, 3.63) is 70.8 Å². The second kappa shape index (κ2) is 6.58. The number of hydrogen-bond donors (Lipinski definition) is 0. The minimum Gasteiger partial charge on any atom is -0.0878 e. The summed E-state index contributed by atoms with van der Waals surface area (Å²) in [5.74, 6) is 0.983. The number of rotatable bonds is 4. The van der Waals surface area contributed by atoms with Crippen LogP contribution in [0.25, 0.3) is 0 Å². The first-order valence-electron chi connectivity index (χ1n) is 7.27. The monoisotopic (exact) mass is 330 g/mol. The maximum atomic E-state index is 3.94. The van der Waals surface area contributed by atoms with Gasteiger partial charge >= 0.3 is 0 Å². The molecule has 0 fully saturated rings. The molecule has 0 aliphatic heterocycles. The lowest BCUT2D eigenvalue weighted by molar-refractivity contribution is 0.566. The van der Waals surface area contributed by atoms with Crippen molar-refractivity contribution in [2.24, 2.45) is 5.92 Å². The highest BCUT2D eigenvalue weighted by Gasteiger charge is 2.26. The molecule has 2 rings (SSSR count). The summed E-state index contributed by atoms with van der Waals surface area (Å²) in [7, 11) is 0. The average molecular weight is 331 g/mol. The molecule has 0 bridgehead atoms. The maximum Gasteiger partial charge on any atom is 0.0278 e. The van der Waals surface area contributed by atoms with Gasteiger partial charge in [-0.05, 0) is 36.5 Å². The maximum absolute atomic E-state index is 3.94. The lowest BCUT2D eigenvalue weighted by atomic mass is 9.82. The highest BCUT2D eigenvalue weighted by molar-refractivity contribution is 9.09. The summed E-state index contributed by atoms with van der Waals surface area (Å²) in [6.07, 6.45) is 0. The van der Waals surface area contributed by atoms with E-state index in [-0.39, 0.29) is 0 Å². The van der Waals surface area contributed by atoms with Gasteiger partial charge in [-0.25, -0.2) is 0 Å². The molecule has 0 saturated heterocycles. The van der Waals surface area contributed by atoms with E-state index >= 15 is 0 Å². The molecule has 0 saturated carbocycles. The Bertz CT molecular complexity index is 557. The second-order valence-electron chi connectivity index (χ2n) is 5.94. The van der Waals surface area contributed by atoms with Crippen LogP contribution in [0.3, 0.4) is 0 Å². The smallest absolute Gasteiger partial charge is 0.0278 e. The fraction of sp³-hybridized carbons (Fsp3) is 0.368. The molecule has 2 atom stereocenters. The third-order valence-corrected chi connectivity index (χ3v) is 5.47. The van der Waals surface area contributed by atoms with Gasteiger partial charge in [0.2, 0.25) is 0 Å². The number of halogens is 1. The van der Waals surface area contributed by atoms with E-state index in [0.717, 1.165) is 0 Å². The standard InChI is InChI=1S/C19H23Br/c1-13(2)19(20)18(16-8-6-5-7-9-16)17-12-14(3)10-11-15(17)4/h5-13,18-19H,1-4H3. The van der Waals surface area contributed by atoms with Crippen LogP contribution < -0.4 is 0 Å². The lowest BCUT2D eigenvalue weighted by Crippen LogP contribution is -2.20. The van der Waals surface area contributed by atoms with Gasteiger partial charge in [-0.3, -0.25) is 0 Å². The van der Waals surface area contributed by atoms with E-state index in [0.29, 0.717) is 16.7 Å². The summed E-state index contributed by atoms with van der Waals surface area (Å²) in [6, 6.07) is 17.6. The van der Waals surface area contributed by atoms with E-state index in [4.69, 9.17) is 0 Å². The Balaban J connectivity index is 2.54. The predicted octanol–water partition coefficient (Wildman–Crippen LogP) is 5.85. The van der Waals surface area contributed by atoms with Gasteiger partial charge in [-0.1, -0.05) is 83.9 Å². The first-order chi connectivity index (χ1) is 9.50. The highest BCUT2D eigenvalue weighted by atomic mass is 79.9. The first kappa shape index (κ1) is 15.3. The van der Waals surface area contributed by atoms with E-state index in [1.54, 1.807) is 0 Å². The van der Waals surface area contributed by atoms with Gasteiger partial charge in [-0.2, -0.15) is 0 Å². The third-order valence-electron chi connectivity index (χ3n) is 3.88. The van der Waals surface area contributed by atoms with Gasteiger partial charge in [0.15, 0.2) is 0 Å². The molecule has 2 aromatic carbocycles. The molecule has 0 aromatic heterocycles. The molecule has 2 aromatic rings. The summed E-state index contributed by atoms with van der Waals surface area (Å²) < 4.78 is 0. The van der Waals surface area contributed by atoms with Crippen molar-refractivity contribution in [2.75, 3.05) is 0 Å². The summed E-state index contributed by atoms with van der Waals surface area (Å²) in [5.41, 5.74) is 5.52. The van der Waals surface area contributed by atoms with Crippen LogP contribution in [0.15, 0.2) is 48.5 Å². The zero-order valence-electron chi connectivity index (χ0n) is 12.7. The summed E-state index contributed by atoms with van der Waals surface area (Å²) in [5, 5.41) is 0. The number of benzene rings is 2. The van der Waals surface area contributed by atoms with Crippen LogP contribution in [0.2, 0.25) is 0 Å². The van der Waals surface area contributed by atoms with Crippen LogP contribution >= 0.6 is 15.9 Å². The van der Waals surface area contributed by atoms with E-state index in [1.807, 2.05) is 0 Å². The van der Waals surface area contributed by atoms with E-state index < -0.39 is 0 Å². The normalized spacial score (nSPS) is 14.3. The molecule has 0 aliphatic rings. The van der Waals surface area contributed by atoms with Crippen molar-refractivity contribution in [3.63, 3.8) is 0 Å². The molecule has 106 valence electrons. The van der Waals surface area contributed by atoms with Gasteiger partial charge < -0.3 is 0 Å². The zero-order valence-corrected chi connectivity index (χ0v) is 14.3. The molecule has 2 unspecified atom stereocenters. The van der Waals surface area contributed by atoms with Crippen molar-refractivity contribution >= 4 is 15.9 Å². The Morgan fingerprint density at radius 1 is 0.900 bits per heavy atom. The van der Waals surface area contributed by atoms with Crippen molar-refractivity contribution in [3.8, 4) is 0 Å². The highest BCUT2D eigenvalue weighted by Crippen LogP contribution is 2.37. The van der Waals surface area contributed by atoms with Crippen LogP contribution in [0.4, 0.5) is 0 Å². The number of alkyl halides is 1. The van der Waals surface area contributed by atoms with E-state index in [9.17, 15) is 0 Å². The molecule has 0 radical (unpaired) electrons. The minimum absolute atomic E-state index is 0.399.